The number of hydrogen-bond acceptors (Lipinski definition) is 2. The van der Waals surface area contributed by atoms with Crippen molar-refractivity contribution >= 4 is 10.8 Å². The lowest BCUT2D eigenvalue weighted by molar-refractivity contribution is 0.619. The van der Waals surface area contributed by atoms with Gasteiger partial charge in [0.1, 0.15) is 0 Å². The van der Waals surface area contributed by atoms with Gasteiger partial charge in [0.15, 0.2) is 0 Å². The molecule has 1 unspecified atom stereocenters. The summed E-state index contributed by atoms with van der Waals surface area (Å²) in [7, 11) is -0.763. The van der Waals surface area contributed by atoms with E-state index >= 15 is 0 Å². The molecule has 0 spiro atoms. The minimum Gasteiger partial charge on any atom is -0.260 e. The second kappa shape index (κ2) is 6.36. The molecule has 2 nitrogen and oxygen atoms in total. The molecule has 0 aliphatic rings. The molecule has 0 saturated carbocycles. The summed E-state index contributed by atoms with van der Waals surface area (Å²) in [4.78, 5) is 0. The molecule has 0 aromatic carbocycles. The smallest absolute Gasteiger partial charge is 0.0631 e. The van der Waals surface area contributed by atoms with Crippen molar-refractivity contribution in [3.05, 3.63) is 0 Å². The summed E-state index contributed by atoms with van der Waals surface area (Å²) in [5.74, 6) is 1.91. The molecule has 11 heavy (non-hydrogen) atoms. The second-order valence-corrected chi connectivity index (χ2v) is 4.63. The van der Waals surface area contributed by atoms with Gasteiger partial charge < -0.3 is 0 Å². The summed E-state index contributed by atoms with van der Waals surface area (Å²) in [6.45, 7) is 4.23. The monoisotopic (exact) mass is 173 g/mol. The lowest BCUT2D eigenvalue weighted by Gasteiger charge is -2.02. The topological polar surface area (TPSA) is 40.9 Å². The average Bonchev–Trinajstić information content (AvgIpc) is 1.97. The Morgan fingerprint density at radius 1 is 1.45 bits per heavy atom. The molecular weight excluding hydrogens is 158 g/mol. The normalized spacial score (nSPS) is 12.9. The number of nitriles is 1. The van der Waals surface area contributed by atoms with Crippen molar-refractivity contribution in [2.45, 2.75) is 26.7 Å². The predicted molar refractivity (Wildman–Crippen MR) is 47.6 cm³/mol. The molecule has 0 heterocycles. The minimum absolute atomic E-state index is 0.421. The summed E-state index contributed by atoms with van der Waals surface area (Å²) in [6.07, 6.45) is 1.42. The largest absolute Gasteiger partial charge is 0.260 e. The van der Waals surface area contributed by atoms with E-state index in [-0.39, 0.29) is 0 Å². The van der Waals surface area contributed by atoms with Crippen LogP contribution in [0.2, 0.25) is 0 Å². The summed E-state index contributed by atoms with van der Waals surface area (Å²) < 4.78 is 11.1. The zero-order valence-corrected chi connectivity index (χ0v) is 7.99. The SMILES string of the molecule is CC(C)CCS(=O)CCC#N. The Bertz CT molecular complexity index is 160. The lowest BCUT2D eigenvalue weighted by Crippen LogP contribution is -2.04. The van der Waals surface area contributed by atoms with Gasteiger partial charge in [-0.2, -0.15) is 5.26 Å². The first-order chi connectivity index (χ1) is 5.16. The highest BCUT2D eigenvalue weighted by molar-refractivity contribution is 7.84. The van der Waals surface area contributed by atoms with Gasteiger partial charge in [-0.25, -0.2) is 0 Å². The highest BCUT2D eigenvalue weighted by Crippen LogP contribution is 2.01. The molecule has 0 N–H and O–H groups in total. The Morgan fingerprint density at radius 2 is 2.09 bits per heavy atom. The zero-order valence-electron chi connectivity index (χ0n) is 7.17. The first-order valence-electron chi connectivity index (χ1n) is 3.88. The van der Waals surface area contributed by atoms with E-state index in [2.05, 4.69) is 13.8 Å². The molecule has 0 amide bonds. The fourth-order valence-electron chi connectivity index (χ4n) is 0.629. The van der Waals surface area contributed by atoms with Gasteiger partial charge in [0, 0.05) is 28.7 Å². The highest BCUT2D eigenvalue weighted by atomic mass is 32.2. The molecule has 0 saturated heterocycles. The number of hydrogen-bond donors (Lipinski definition) is 0. The van der Waals surface area contributed by atoms with Crippen LogP contribution in [-0.4, -0.2) is 15.7 Å². The van der Waals surface area contributed by atoms with Crippen molar-refractivity contribution in [2.75, 3.05) is 11.5 Å². The van der Waals surface area contributed by atoms with Gasteiger partial charge in [-0.05, 0) is 12.3 Å². The van der Waals surface area contributed by atoms with Crippen LogP contribution in [-0.2, 0) is 10.8 Å². The average molecular weight is 173 g/mol. The Kier molecular flexibility index (Phi) is 6.15. The van der Waals surface area contributed by atoms with Crippen LogP contribution in [0.15, 0.2) is 0 Å². The summed E-state index contributed by atoms with van der Waals surface area (Å²) >= 11 is 0. The quantitative estimate of drug-likeness (QED) is 0.635. The van der Waals surface area contributed by atoms with Crippen LogP contribution in [0.1, 0.15) is 26.7 Å². The van der Waals surface area contributed by atoms with E-state index in [1.165, 1.54) is 0 Å². The maximum absolute atomic E-state index is 11.1. The number of rotatable bonds is 5. The van der Waals surface area contributed by atoms with Crippen LogP contribution in [0, 0.1) is 17.2 Å². The summed E-state index contributed by atoms with van der Waals surface area (Å²) in [6, 6.07) is 1.99. The fraction of sp³-hybridized carbons (Fsp3) is 0.875. The third-order valence-electron chi connectivity index (χ3n) is 1.36. The standard InChI is InChI=1S/C8H15NOS/c1-8(2)4-7-11(10)6-3-5-9/h8H,3-4,6-7H2,1-2H3. The van der Waals surface area contributed by atoms with Gasteiger partial charge in [0.05, 0.1) is 6.07 Å². The van der Waals surface area contributed by atoms with Crippen LogP contribution >= 0.6 is 0 Å². The molecule has 0 aliphatic heterocycles. The Morgan fingerprint density at radius 3 is 2.55 bits per heavy atom. The molecule has 0 aromatic rings. The molecule has 0 rings (SSSR count). The summed E-state index contributed by atoms with van der Waals surface area (Å²) in [5.41, 5.74) is 0. The van der Waals surface area contributed by atoms with E-state index in [4.69, 9.17) is 5.26 Å². The second-order valence-electron chi connectivity index (χ2n) is 2.94. The van der Waals surface area contributed by atoms with E-state index < -0.39 is 10.8 Å². The van der Waals surface area contributed by atoms with Gasteiger partial charge in [-0.3, -0.25) is 4.21 Å². The van der Waals surface area contributed by atoms with Gasteiger partial charge >= 0.3 is 0 Å². The van der Waals surface area contributed by atoms with E-state index in [9.17, 15) is 4.21 Å². The Hall–Kier alpha value is -0.360. The number of nitrogens with zero attached hydrogens (tertiary/aromatic N) is 1. The van der Waals surface area contributed by atoms with Crippen molar-refractivity contribution in [1.82, 2.24) is 0 Å². The van der Waals surface area contributed by atoms with E-state index in [0.29, 0.717) is 18.1 Å². The predicted octanol–water partition coefficient (Wildman–Crippen LogP) is 1.69. The molecule has 64 valence electrons. The van der Waals surface area contributed by atoms with Crippen LogP contribution in [0.5, 0.6) is 0 Å². The van der Waals surface area contributed by atoms with Crippen molar-refractivity contribution < 1.29 is 4.21 Å². The van der Waals surface area contributed by atoms with Gasteiger partial charge in [0.2, 0.25) is 0 Å². The molecule has 1 atom stereocenters. The maximum Gasteiger partial charge on any atom is 0.0631 e. The van der Waals surface area contributed by atoms with E-state index in [1.54, 1.807) is 0 Å². The van der Waals surface area contributed by atoms with Gasteiger partial charge in [-0.15, -0.1) is 0 Å². The molecule has 3 heteroatoms. The zero-order chi connectivity index (χ0) is 8.69. The van der Waals surface area contributed by atoms with Gasteiger partial charge in [-0.1, -0.05) is 13.8 Å². The van der Waals surface area contributed by atoms with Crippen molar-refractivity contribution in [1.29, 1.82) is 5.26 Å². The van der Waals surface area contributed by atoms with Crippen LogP contribution < -0.4 is 0 Å². The lowest BCUT2D eigenvalue weighted by atomic mass is 10.2. The van der Waals surface area contributed by atoms with Crippen LogP contribution in [0.3, 0.4) is 0 Å². The van der Waals surface area contributed by atoms with Crippen molar-refractivity contribution in [3.63, 3.8) is 0 Å². The molecule has 0 aromatic heterocycles. The fourth-order valence-corrected chi connectivity index (χ4v) is 1.89. The Labute approximate surface area is 71.1 Å². The minimum atomic E-state index is -0.763. The molecule has 0 fully saturated rings. The van der Waals surface area contributed by atoms with Gasteiger partial charge in [0.25, 0.3) is 0 Å². The van der Waals surface area contributed by atoms with Crippen LogP contribution in [0.25, 0.3) is 0 Å². The molecule has 0 aliphatic carbocycles. The van der Waals surface area contributed by atoms with Crippen molar-refractivity contribution in [2.24, 2.45) is 5.92 Å². The molecular formula is C8H15NOS. The molecule has 0 radical (unpaired) electrons. The van der Waals surface area contributed by atoms with E-state index in [1.807, 2.05) is 6.07 Å². The van der Waals surface area contributed by atoms with Crippen molar-refractivity contribution in [3.8, 4) is 6.07 Å². The maximum atomic E-state index is 11.1. The van der Waals surface area contributed by atoms with E-state index in [0.717, 1.165) is 12.2 Å². The Balaban J connectivity index is 3.32. The third kappa shape index (κ3) is 7.54. The third-order valence-corrected chi connectivity index (χ3v) is 2.71. The first-order valence-corrected chi connectivity index (χ1v) is 5.37. The highest BCUT2D eigenvalue weighted by Gasteiger charge is 2.00. The molecule has 0 bridgehead atoms. The van der Waals surface area contributed by atoms with Crippen LogP contribution in [0.4, 0.5) is 0 Å². The first kappa shape index (κ1) is 10.6. The summed E-state index contributed by atoms with van der Waals surface area (Å²) in [5, 5.41) is 8.21.